The highest BCUT2D eigenvalue weighted by molar-refractivity contribution is 5.99. The van der Waals surface area contributed by atoms with Crippen LogP contribution in [-0.4, -0.2) is 81.3 Å². The summed E-state index contributed by atoms with van der Waals surface area (Å²) in [5.41, 5.74) is 0.741. The first kappa shape index (κ1) is 17.0. The summed E-state index contributed by atoms with van der Waals surface area (Å²) in [6, 6.07) is 3.78. The molecule has 0 radical (unpaired) electrons. The number of nitrogens with zero attached hydrogens (tertiary/aromatic N) is 7. The largest absolute Gasteiger partial charge is 0.353 e. The number of carbonyl (C=O) groups excluding carboxylic acids is 1. The summed E-state index contributed by atoms with van der Waals surface area (Å²) in [5, 5.41) is 4.15. The van der Waals surface area contributed by atoms with Crippen LogP contribution in [0.25, 0.3) is 0 Å². The Balaban J connectivity index is 1.37. The van der Waals surface area contributed by atoms with Crippen LogP contribution in [0.2, 0.25) is 0 Å². The molecule has 2 aromatic rings. The lowest BCUT2D eigenvalue weighted by atomic mass is 10.2. The number of pyridine rings is 1. The maximum Gasteiger partial charge on any atom is 0.257 e. The van der Waals surface area contributed by atoms with E-state index in [4.69, 9.17) is 0 Å². The highest BCUT2D eigenvalue weighted by Gasteiger charge is 2.26. The molecular formula is C18H25N7O. The van der Waals surface area contributed by atoms with Crippen molar-refractivity contribution in [1.29, 1.82) is 0 Å². The van der Waals surface area contributed by atoms with Crippen molar-refractivity contribution in [3.05, 3.63) is 36.5 Å². The van der Waals surface area contributed by atoms with E-state index in [1.807, 2.05) is 21.7 Å². The molecule has 2 aromatic heterocycles. The molecule has 0 saturated carbocycles. The summed E-state index contributed by atoms with van der Waals surface area (Å²) in [4.78, 5) is 28.0. The van der Waals surface area contributed by atoms with Gasteiger partial charge < -0.3 is 9.80 Å². The Morgan fingerprint density at radius 2 is 1.85 bits per heavy atom. The Morgan fingerprint density at radius 1 is 1.04 bits per heavy atom. The van der Waals surface area contributed by atoms with Gasteiger partial charge in [0.25, 0.3) is 5.91 Å². The molecule has 26 heavy (non-hydrogen) atoms. The molecular weight excluding hydrogens is 330 g/mol. The molecule has 4 heterocycles. The van der Waals surface area contributed by atoms with E-state index in [1.54, 1.807) is 18.9 Å². The molecule has 2 aliphatic rings. The van der Waals surface area contributed by atoms with Crippen molar-refractivity contribution in [2.45, 2.75) is 19.4 Å². The molecule has 0 N–H and O–H groups in total. The zero-order valence-electron chi connectivity index (χ0n) is 15.0. The van der Waals surface area contributed by atoms with Crippen LogP contribution in [0.1, 0.15) is 23.2 Å². The smallest absolute Gasteiger partial charge is 0.257 e. The average Bonchev–Trinajstić information content (AvgIpc) is 3.40. The third-order valence-electron chi connectivity index (χ3n) is 5.19. The van der Waals surface area contributed by atoms with Crippen LogP contribution in [-0.2, 0) is 6.54 Å². The third-order valence-corrected chi connectivity index (χ3v) is 5.19. The van der Waals surface area contributed by atoms with E-state index in [1.165, 1.54) is 0 Å². The molecule has 2 fully saturated rings. The van der Waals surface area contributed by atoms with Gasteiger partial charge in [-0.1, -0.05) is 0 Å². The summed E-state index contributed by atoms with van der Waals surface area (Å²) in [6.45, 7) is 7.22. The van der Waals surface area contributed by atoms with Gasteiger partial charge in [0.05, 0.1) is 12.1 Å². The fraction of sp³-hybridized carbons (Fsp3) is 0.556. The highest BCUT2D eigenvalue weighted by Crippen LogP contribution is 2.22. The van der Waals surface area contributed by atoms with Crippen molar-refractivity contribution in [2.75, 3.05) is 50.7 Å². The Bertz CT molecular complexity index is 719. The quantitative estimate of drug-likeness (QED) is 0.788. The zero-order valence-corrected chi connectivity index (χ0v) is 15.0. The summed E-state index contributed by atoms with van der Waals surface area (Å²) in [7, 11) is 0. The van der Waals surface area contributed by atoms with Crippen molar-refractivity contribution in [3.63, 3.8) is 0 Å². The minimum Gasteiger partial charge on any atom is -0.353 e. The second-order valence-electron chi connectivity index (χ2n) is 6.86. The molecule has 0 bridgehead atoms. The number of carbonyl (C=O) groups is 1. The Labute approximate surface area is 153 Å². The van der Waals surface area contributed by atoms with Gasteiger partial charge in [0.1, 0.15) is 18.5 Å². The molecule has 0 aliphatic carbocycles. The summed E-state index contributed by atoms with van der Waals surface area (Å²) in [5.74, 6) is 0.958. The van der Waals surface area contributed by atoms with E-state index in [9.17, 15) is 4.79 Å². The van der Waals surface area contributed by atoms with Crippen molar-refractivity contribution in [3.8, 4) is 0 Å². The van der Waals surface area contributed by atoms with Gasteiger partial charge in [0.2, 0.25) is 0 Å². The van der Waals surface area contributed by atoms with Crippen LogP contribution in [0, 0.1) is 0 Å². The lowest BCUT2D eigenvalue weighted by molar-refractivity contribution is 0.0793. The number of likely N-dealkylation sites (tertiary alicyclic amines) is 1. The minimum absolute atomic E-state index is 0.124. The molecule has 1 amide bonds. The summed E-state index contributed by atoms with van der Waals surface area (Å²) < 4.78 is 1.86. The van der Waals surface area contributed by atoms with Crippen LogP contribution in [0.4, 0.5) is 5.82 Å². The van der Waals surface area contributed by atoms with Crippen LogP contribution < -0.4 is 4.90 Å². The molecule has 2 aliphatic heterocycles. The van der Waals surface area contributed by atoms with Gasteiger partial charge in [-0.2, -0.15) is 5.10 Å². The predicted molar refractivity (Wildman–Crippen MR) is 98.0 cm³/mol. The van der Waals surface area contributed by atoms with Crippen LogP contribution in [0.3, 0.4) is 0 Å². The fourth-order valence-corrected chi connectivity index (χ4v) is 3.68. The number of rotatable bonds is 5. The van der Waals surface area contributed by atoms with Crippen LogP contribution >= 0.6 is 0 Å². The second kappa shape index (κ2) is 7.82. The highest BCUT2D eigenvalue weighted by atomic mass is 16.2. The SMILES string of the molecule is O=C(c1cccnc1N1CCN(CCn2cncn2)CC1)N1CCCC1. The van der Waals surface area contributed by atoms with E-state index in [0.717, 1.165) is 76.6 Å². The summed E-state index contributed by atoms with van der Waals surface area (Å²) in [6.07, 6.45) is 7.31. The Kier molecular flexibility index (Phi) is 5.10. The van der Waals surface area contributed by atoms with Gasteiger partial charge in [-0.25, -0.2) is 9.97 Å². The van der Waals surface area contributed by atoms with Gasteiger partial charge in [-0.3, -0.25) is 14.4 Å². The van der Waals surface area contributed by atoms with Gasteiger partial charge in [0, 0.05) is 52.0 Å². The molecule has 0 atom stereocenters. The van der Waals surface area contributed by atoms with E-state index in [0.29, 0.717) is 0 Å². The zero-order chi connectivity index (χ0) is 17.8. The minimum atomic E-state index is 0.124. The molecule has 8 heteroatoms. The molecule has 2 saturated heterocycles. The number of hydrogen-bond acceptors (Lipinski definition) is 6. The average molecular weight is 355 g/mol. The first-order valence-electron chi connectivity index (χ1n) is 9.35. The van der Waals surface area contributed by atoms with Crippen molar-refractivity contribution in [2.24, 2.45) is 0 Å². The monoisotopic (exact) mass is 355 g/mol. The molecule has 0 spiro atoms. The Hall–Kier alpha value is -2.48. The molecule has 0 unspecified atom stereocenters. The van der Waals surface area contributed by atoms with Gasteiger partial charge in [0.15, 0.2) is 0 Å². The number of aromatic nitrogens is 4. The first-order valence-corrected chi connectivity index (χ1v) is 9.35. The standard InChI is InChI=1S/C18H25N7O/c26-18(24-6-1-2-7-24)16-4-3-5-20-17(16)23-11-8-22(9-12-23)10-13-25-15-19-14-21-25/h3-5,14-15H,1-2,6-13H2. The van der Waals surface area contributed by atoms with Gasteiger partial charge >= 0.3 is 0 Å². The number of anilines is 1. The normalized spacial score (nSPS) is 18.5. The molecule has 138 valence electrons. The van der Waals surface area contributed by atoms with Crippen molar-refractivity contribution < 1.29 is 4.79 Å². The van der Waals surface area contributed by atoms with Crippen LogP contribution in [0.5, 0.6) is 0 Å². The lowest BCUT2D eigenvalue weighted by Crippen LogP contribution is -2.48. The predicted octanol–water partition coefficient (Wildman–Crippen LogP) is 0.731. The van der Waals surface area contributed by atoms with Crippen LogP contribution in [0.15, 0.2) is 31.0 Å². The van der Waals surface area contributed by atoms with Crippen molar-refractivity contribution in [1.82, 2.24) is 29.5 Å². The Morgan fingerprint density at radius 3 is 2.58 bits per heavy atom. The third kappa shape index (κ3) is 3.70. The van der Waals surface area contributed by atoms with E-state index < -0.39 is 0 Å². The van der Waals surface area contributed by atoms with E-state index in [2.05, 4.69) is 24.9 Å². The maximum absolute atomic E-state index is 12.8. The second-order valence-corrected chi connectivity index (χ2v) is 6.86. The van der Waals surface area contributed by atoms with Crippen molar-refractivity contribution >= 4 is 11.7 Å². The number of piperazine rings is 1. The number of amides is 1. The topological polar surface area (TPSA) is 70.4 Å². The van der Waals surface area contributed by atoms with E-state index >= 15 is 0 Å². The first-order chi connectivity index (χ1) is 12.8. The van der Waals surface area contributed by atoms with Gasteiger partial charge in [-0.05, 0) is 25.0 Å². The van der Waals surface area contributed by atoms with Gasteiger partial charge in [-0.15, -0.1) is 0 Å². The maximum atomic E-state index is 12.8. The van der Waals surface area contributed by atoms with E-state index in [-0.39, 0.29) is 5.91 Å². The fourth-order valence-electron chi connectivity index (χ4n) is 3.68. The molecule has 4 rings (SSSR count). The summed E-state index contributed by atoms with van der Waals surface area (Å²) >= 11 is 0. The molecule has 0 aromatic carbocycles. The molecule has 8 nitrogen and oxygen atoms in total. The number of hydrogen-bond donors (Lipinski definition) is 0. The lowest BCUT2D eigenvalue weighted by Gasteiger charge is -2.36.